The van der Waals surface area contributed by atoms with E-state index in [-0.39, 0.29) is 11.8 Å². The SMILES string of the molecule is CCCC(CCCc1ncc(Br)s1)C(N)=O. The summed E-state index contributed by atoms with van der Waals surface area (Å²) in [6.07, 6.45) is 6.52. The third-order valence-corrected chi connectivity index (χ3v) is 4.04. The molecule has 0 aliphatic carbocycles. The van der Waals surface area contributed by atoms with Gasteiger partial charge in [0.2, 0.25) is 5.91 Å². The van der Waals surface area contributed by atoms with E-state index in [4.69, 9.17) is 5.73 Å². The number of nitrogens with two attached hydrogens (primary N) is 1. The number of rotatable bonds is 7. The average molecular weight is 305 g/mol. The average Bonchev–Trinajstić information content (AvgIpc) is 2.63. The van der Waals surface area contributed by atoms with Crippen LogP contribution in [-0.4, -0.2) is 10.9 Å². The highest BCUT2D eigenvalue weighted by atomic mass is 79.9. The monoisotopic (exact) mass is 304 g/mol. The zero-order valence-electron chi connectivity index (χ0n) is 9.41. The minimum atomic E-state index is -0.165. The van der Waals surface area contributed by atoms with Crippen molar-refractivity contribution in [2.24, 2.45) is 11.7 Å². The first kappa shape index (κ1) is 13.6. The van der Waals surface area contributed by atoms with E-state index in [1.54, 1.807) is 11.3 Å². The van der Waals surface area contributed by atoms with Crippen LogP contribution >= 0.6 is 27.3 Å². The minimum Gasteiger partial charge on any atom is -0.369 e. The molecule has 0 bridgehead atoms. The van der Waals surface area contributed by atoms with Crippen molar-refractivity contribution in [3.8, 4) is 0 Å². The van der Waals surface area contributed by atoms with Gasteiger partial charge in [0.15, 0.2) is 0 Å². The minimum absolute atomic E-state index is 0.0356. The van der Waals surface area contributed by atoms with Crippen LogP contribution in [0, 0.1) is 5.92 Å². The Balaban J connectivity index is 2.30. The third kappa shape index (κ3) is 4.61. The first-order chi connectivity index (χ1) is 7.63. The van der Waals surface area contributed by atoms with Crippen molar-refractivity contribution >= 4 is 33.2 Å². The Kier molecular flexibility index (Phi) is 5.98. The van der Waals surface area contributed by atoms with Crippen molar-refractivity contribution in [1.29, 1.82) is 0 Å². The van der Waals surface area contributed by atoms with Gasteiger partial charge in [0.05, 0.1) is 15.0 Å². The van der Waals surface area contributed by atoms with Crippen LogP contribution in [0.25, 0.3) is 0 Å². The molecule has 3 nitrogen and oxygen atoms in total. The molecule has 0 aliphatic rings. The van der Waals surface area contributed by atoms with Crippen molar-refractivity contribution in [1.82, 2.24) is 4.98 Å². The highest BCUT2D eigenvalue weighted by Gasteiger charge is 2.13. The van der Waals surface area contributed by atoms with Gasteiger partial charge < -0.3 is 5.73 Å². The van der Waals surface area contributed by atoms with Crippen LogP contribution in [0.15, 0.2) is 9.98 Å². The van der Waals surface area contributed by atoms with Gasteiger partial charge in [-0.25, -0.2) is 4.98 Å². The summed E-state index contributed by atoms with van der Waals surface area (Å²) < 4.78 is 1.06. The van der Waals surface area contributed by atoms with E-state index in [9.17, 15) is 4.79 Å². The summed E-state index contributed by atoms with van der Waals surface area (Å²) in [6.45, 7) is 2.08. The van der Waals surface area contributed by atoms with E-state index in [0.29, 0.717) is 0 Å². The summed E-state index contributed by atoms with van der Waals surface area (Å²) in [6, 6.07) is 0. The normalized spacial score (nSPS) is 12.6. The standard InChI is InChI=1S/C11H17BrN2OS/c1-2-4-8(11(13)15)5-3-6-10-14-7-9(12)16-10/h7-8H,2-6H2,1H3,(H2,13,15). The summed E-state index contributed by atoms with van der Waals surface area (Å²) >= 11 is 5.03. The fourth-order valence-electron chi connectivity index (χ4n) is 1.68. The van der Waals surface area contributed by atoms with Gasteiger partial charge in [-0.15, -0.1) is 11.3 Å². The van der Waals surface area contributed by atoms with Crippen molar-refractivity contribution in [3.05, 3.63) is 15.0 Å². The van der Waals surface area contributed by atoms with Crippen molar-refractivity contribution in [2.75, 3.05) is 0 Å². The van der Waals surface area contributed by atoms with Crippen LogP contribution < -0.4 is 5.73 Å². The maximum Gasteiger partial charge on any atom is 0.220 e. The molecule has 0 spiro atoms. The van der Waals surface area contributed by atoms with Crippen molar-refractivity contribution in [2.45, 2.75) is 39.0 Å². The molecule has 0 radical (unpaired) electrons. The molecular formula is C11H17BrN2OS. The Labute approximate surface area is 109 Å². The topological polar surface area (TPSA) is 56.0 Å². The van der Waals surface area contributed by atoms with E-state index in [1.165, 1.54) is 0 Å². The largest absolute Gasteiger partial charge is 0.369 e. The molecule has 1 unspecified atom stereocenters. The maximum atomic E-state index is 11.1. The van der Waals surface area contributed by atoms with Gasteiger partial charge in [-0.2, -0.15) is 0 Å². The predicted octanol–water partition coefficient (Wildman–Crippen LogP) is 3.13. The molecular weight excluding hydrogens is 288 g/mol. The molecule has 1 atom stereocenters. The molecule has 0 aromatic carbocycles. The number of primary amides is 1. The molecule has 90 valence electrons. The highest BCUT2D eigenvalue weighted by molar-refractivity contribution is 9.11. The third-order valence-electron chi connectivity index (χ3n) is 2.51. The Hall–Kier alpha value is -0.420. The van der Waals surface area contributed by atoms with Crippen LogP contribution in [0.2, 0.25) is 0 Å². The Morgan fingerprint density at radius 2 is 2.38 bits per heavy atom. The molecule has 1 heterocycles. The van der Waals surface area contributed by atoms with Gasteiger partial charge >= 0.3 is 0 Å². The summed E-state index contributed by atoms with van der Waals surface area (Å²) in [7, 11) is 0. The summed E-state index contributed by atoms with van der Waals surface area (Å²) in [5.41, 5.74) is 5.35. The zero-order valence-corrected chi connectivity index (χ0v) is 11.8. The number of hydrogen-bond donors (Lipinski definition) is 1. The molecule has 1 amide bonds. The Morgan fingerprint density at radius 1 is 1.62 bits per heavy atom. The summed E-state index contributed by atoms with van der Waals surface area (Å²) in [4.78, 5) is 15.4. The molecule has 0 aliphatic heterocycles. The predicted molar refractivity (Wildman–Crippen MR) is 70.3 cm³/mol. The van der Waals surface area contributed by atoms with E-state index in [0.717, 1.165) is 40.9 Å². The number of thiazole rings is 1. The first-order valence-electron chi connectivity index (χ1n) is 5.53. The molecule has 16 heavy (non-hydrogen) atoms. The highest BCUT2D eigenvalue weighted by Crippen LogP contribution is 2.22. The second-order valence-corrected chi connectivity index (χ2v) is 6.33. The van der Waals surface area contributed by atoms with Crippen LogP contribution in [0.3, 0.4) is 0 Å². The smallest absolute Gasteiger partial charge is 0.220 e. The van der Waals surface area contributed by atoms with Crippen molar-refractivity contribution < 1.29 is 4.79 Å². The number of aromatic nitrogens is 1. The number of amides is 1. The lowest BCUT2D eigenvalue weighted by Gasteiger charge is -2.10. The number of hydrogen-bond acceptors (Lipinski definition) is 3. The molecule has 2 N–H and O–H groups in total. The second kappa shape index (κ2) is 7.01. The van der Waals surface area contributed by atoms with Crippen LogP contribution in [0.1, 0.15) is 37.6 Å². The number of halogens is 1. The van der Waals surface area contributed by atoms with Crippen LogP contribution in [-0.2, 0) is 11.2 Å². The van der Waals surface area contributed by atoms with Gasteiger partial charge in [0, 0.05) is 5.92 Å². The fraction of sp³-hybridized carbons (Fsp3) is 0.636. The molecule has 5 heteroatoms. The van der Waals surface area contributed by atoms with Gasteiger partial charge in [-0.05, 0) is 41.6 Å². The number of nitrogens with zero attached hydrogens (tertiary/aromatic N) is 1. The molecule has 1 aromatic heterocycles. The lowest BCUT2D eigenvalue weighted by Crippen LogP contribution is -2.23. The lowest BCUT2D eigenvalue weighted by molar-refractivity contribution is -0.122. The van der Waals surface area contributed by atoms with Gasteiger partial charge in [-0.1, -0.05) is 13.3 Å². The summed E-state index contributed by atoms with van der Waals surface area (Å²) in [5, 5.41) is 1.12. The molecule has 0 fully saturated rings. The fourth-order valence-corrected chi connectivity index (χ4v) is 3.03. The van der Waals surface area contributed by atoms with Crippen LogP contribution in [0.5, 0.6) is 0 Å². The molecule has 1 aromatic rings. The number of carbonyl (C=O) groups is 1. The van der Waals surface area contributed by atoms with Gasteiger partial charge in [-0.3, -0.25) is 4.79 Å². The van der Waals surface area contributed by atoms with Crippen LogP contribution in [0.4, 0.5) is 0 Å². The van der Waals surface area contributed by atoms with E-state index >= 15 is 0 Å². The van der Waals surface area contributed by atoms with E-state index in [2.05, 4.69) is 27.8 Å². The van der Waals surface area contributed by atoms with Gasteiger partial charge in [0.1, 0.15) is 0 Å². The van der Waals surface area contributed by atoms with E-state index in [1.807, 2.05) is 6.20 Å². The van der Waals surface area contributed by atoms with Gasteiger partial charge in [0.25, 0.3) is 0 Å². The number of aryl methyl sites for hydroxylation is 1. The molecule has 1 rings (SSSR count). The lowest BCUT2D eigenvalue weighted by atomic mass is 9.96. The molecule has 0 saturated heterocycles. The maximum absolute atomic E-state index is 11.1. The zero-order chi connectivity index (χ0) is 12.0. The summed E-state index contributed by atoms with van der Waals surface area (Å²) in [5.74, 6) is -0.129. The second-order valence-electron chi connectivity index (χ2n) is 3.84. The first-order valence-corrected chi connectivity index (χ1v) is 7.14. The quantitative estimate of drug-likeness (QED) is 0.841. The Morgan fingerprint density at radius 3 is 2.88 bits per heavy atom. The van der Waals surface area contributed by atoms with Crippen molar-refractivity contribution in [3.63, 3.8) is 0 Å². The number of carbonyl (C=O) groups excluding carboxylic acids is 1. The molecule has 0 saturated carbocycles. The van der Waals surface area contributed by atoms with E-state index < -0.39 is 0 Å². The Bertz CT molecular complexity index is 340.